The second kappa shape index (κ2) is 8.03. The number of carboxylic acids is 1. The molecule has 0 aromatic rings. The quantitative estimate of drug-likeness (QED) is 0.479. The molecule has 0 spiro atoms. The third-order valence-electron chi connectivity index (χ3n) is 2.06. The highest BCUT2D eigenvalue weighted by molar-refractivity contribution is 5.91. The zero-order valence-corrected chi connectivity index (χ0v) is 9.21. The summed E-state index contributed by atoms with van der Waals surface area (Å²) in [7, 11) is 0. The van der Waals surface area contributed by atoms with Gasteiger partial charge in [0.2, 0.25) is 5.91 Å². The number of amides is 1. The van der Waals surface area contributed by atoms with Gasteiger partial charge in [-0.05, 0) is 6.42 Å². The minimum atomic E-state index is -1.19. The standard InChI is InChI=1S/C11H19NO3/c1-3-4-5-6-7-8-10(13)12-9(2)11(14)15/h2-8H2,1H3,(H,12,13)(H,14,15). The minimum Gasteiger partial charge on any atom is -0.477 e. The predicted octanol–water partition coefficient (Wildman–Crippen LogP) is 2.06. The molecule has 15 heavy (non-hydrogen) atoms. The number of nitrogens with one attached hydrogen (secondary N) is 1. The monoisotopic (exact) mass is 213 g/mol. The minimum absolute atomic E-state index is 0.256. The van der Waals surface area contributed by atoms with E-state index in [4.69, 9.17) is 5.11 Å². The lowest BCUT2D eigenvalue weighted by Crippen LogP contribution is -2.26. The van der Waals surface area contributed by atoms with Crippen LogP contribution in [0.3, 0.4) is 0 Å². The Morgan fingerprint density at radius 1 is 1.20 bits per heavy atom. The molecule has 0 aliphatic heterocycles. The molecule has 0 fully saturated rings. The lowest BCUT2D eigenvalue weighted by atomic mass is 10.1. The molecule has 1 amide bonds. The SMILES string of the molecule is C=C(NC(=O)CCCCCCC)C(=O)O. The van der Waals surface area contributed by atoms with Gasteiger partial charge in [-0.25, -0.2) is 4.79 Å². The molecule has 0 bridgehead atoms. The Hall–Kier alpha value is -1.32. The molecule has 4 nitrogen and oxygen atoms in total. The van der Waals surface area contributed by atoms with Gasteiger partial charge in [-0.3, -0.25) is 4.79 Å². The van der Waals surface area contributed by atoms with E-state index >= 15 is 0 Å². The third kappa shape index (κ3) is 7.73. The van der Waals surface area contributed by atoms with E-state index in [0.717, 1.165) is 19.3 Å². The van der Waals surface area contributed by atoms with Gasteiger partial charge in [0.1, 0.15) is 5.70 Å². The van der Waals surface area contributed by atoms with Crippen LogP contribution in [0.1, 0.15) is 45.4 Å². The molecule has 0 saturated carbocycles. The molecule has 2 N–H and O–H groups in total. The van der Waals surface area contributed by atoms with Gasteiger partial charge in [-0.2, -0.15) is 0 Å². The van der Waals surface area contributed by atoms with Crippen molar-refractivity contribution in [2.24, 2.45) is 0 Å². The number of carbonyl (C=O) groups is 2. The van der Waals surface area contributed by atoms with Gasteiger partial charge in [0, 0.05) is 6.42 Å². The summed E-state index contributed by atoms with van der Waals surface area (Å²) in [6, 6.07) is 0. The Morgan fingerprint density at radius 2 is 1.80 bits per heavy atom. The van der Waals surface area contributed by atoms with Crippen molar-refractivity contribution in [3.8, 4) is 0 Å². The summed E-state index contributed by atoms with van der Waals surface area (Å²) in [6.07, 6.45) is 5.67. The molecule has 0 radical (unpaired) electrons. The molecule has 0 saturated heterocycles. The number of aliphatic carboxylic acids is 1. The van der Waals surface area contributed by atoms with E-state index < -0.39 is 5.97 Å². The molecule has 0 heterocycles. The van der Waals surface area contributed by atoms with Crippen LogP contribution in [0.5, 0.6) is 0 Å². The van der Waals surface area contributed by atoms with E-state index in [0.29, 0.717) is 6.42 Å². The van der Waals surface area contributed by atoms with Crippen LogP contribution in [0.25, 0.3) is 0 Å². The van der Waals surface area contributed by atoms with Crippen LogP contribution in [0, 0.1) is 0 Å². The molecule has 4 heteroatoms. The zero-order chi connectivity index (χ0) is 11.7. The molecule has 0 aromatic heterocycles. The summed E-state index contributed by atoms with van der Waals surface area (Å²) < 4.78 is 0. The van der Waals surface area contributed by atoms with Crippen molar-refractivity contribution in [1.29, 1.82) is 0 Å². The maximum absolute atomic E-state index is 11.2. The summed E-state index contributed by atoms with van der Waals surface area (Å²) in [5, 5.41) is 10.7. The fourth-order valence-electron chi connectivity index (χ4n) is 1.17. The van der Waals surface area contributed by atoms with Crippen LogP contribution < -0.4 is 5.32 Å². The number of carbonyl (C=O) groups excluding carboxylic acids is 1. The van der Waals surface area contributed by atoms with Crippen molar-refractivity contribution in [2.45, 2.75) is 45.4 Å². The Bertz CT molecular complexity index is 236. The van der Waals surface area contributed by atoms with Gasteiger partial charge in [-0.15, -0.1) is 0 Å². The van der Waals surface area contributed by atoms with Crippen molar-refractivity contribution < 1.29 is 14.7 Å². The summed E-state index contributed by atoms with van der Waals surface area (Å²) in [5.74, 6) is -1.45. The first-order chi connectivity index (χ1) is 7.07. The summed E-state index contributed by atoms with van der Waals surface area (Å²) >= 11 is 0. The molecular weight excluding hydrogens is 194 g/mol. The second-order valence-corrected chi connectivity index (χ2v) is 3.50. The van der Waals surface area contributed by atoms with Crippen molar-refractivity contribution in [3.63, 3.8) is 0 Å². The molecule has 0 atom stereocenters. The van der Waals surface area contributed by atoms with Crippen molar-refractivity contribution >= 4 is 11.9 Å². The van der Waals surface area contributed by atoms with Gasteiger partial charge in [0.15, 0.2) is 0 Å². The highest BCUT2D eigenvalue weighted by Gasteiger charge is 2.07. The van der Waals surface area contributed by atoms with Crippen molar-refractivity contribution in [2.75, 3.05) is 0 Å². The van der Waals surface area contributed by atoms with Crippen molar-refractivity contribution in [1.82, 2.24) is 5.32 Å². The topological polar surface area (TPSA) is 66.4 Å². The van der Waals surface area contributed by atoms with Crippen molar-refractivity contribution in [3.05, 3.63) is 12.3 Å². The van der Waals surface area contributed by atoms with E-state index in [2.05, 4.69) is 18.8 Å². The lowest BCUT2D eigenvalue weighted by molar-refractivity contribution is -0.134. The average molecular weight is 213 g/mol. The Morgan fingerprint density at radius 3 is 2.33 bits per heavy atom. The van der Waals surface area contributed by atoms with Crippen LogP contribution in [-0.4, -0.2) is 17.0 Å². The maximum Gasteiger partial charge on any atom is 0.351 e. The number of hydrogen-bond acceptors (Lipinski definition) is 2. The molecule has 0 aliphatic carbocycles. The molecule has 0 aliphatic rings. The molecule has 0 rings (SSSR count). The molecule has 0 unspecified atom stereocenters. The fraction of sp³-hybridized carbons (Fsp3) is 0.636. The highest BCUT2D eigenvalue weighted by Crippen LogP contribution is 2.04. The van der Waals surface area contributed by atoms with Gasteiger partial charge in [-0.1, -0.05) is 39.2 Å². The zero-order valence-electron chi connectivity index (χ0n) is 9.21. The first-order valence-electron chi connectivity index (χ1n) is 5.30. The summed E-state index contributed by atoms with van der Waals surface area (Å²) in [4.78, 5) is 21.5. The van der Waals surface area contributed by atoms with Crippen LogP contribution in [0.2, 0.25) is 0 Å². The Balaban J connectivity index is 3.49. The predicted molar refractivity (Wildman–Crippen MR) is 58.3 cm³/mol. The Kier molecular flexibility index (Phi) is 7.32. The van der Waals surface area contributed by atoms with Gasteiger partial charge in [0.25, 0.3) is 0 Å². The van der Waals surface area contributed by atoms with Gasteiger partial charge >= 0.3 is 5.97 Å². The lowest BCUT2D eigenvalue weighted by Gasteiger charge is -2.03. The van der Waals surface area contributed by atoms with Crippen LogP contribution in [0.15, 0.2) is 12.3 Å². The maximum atomic E-state index is 11.2. The van der Waals surface area contributed by atoms with E-state index in [1.54, 1.807) is 0 Å². The van der Waals surface area contributed by atoms with E-state index in [-0.39, 0.29) is 11.6 Å². The number of rotatable bonds is 8. The number of hydrogen-bond donors (Lipinski definition) is 2. The summed E-state index contributed by atoms with van der Waals surface area (Å²) in [5.41, 5.74) is -0.256. The van der Waals surface area contributed by atoms with Crippen LogP contribution in [0.4, 0.5) is 0 Å². The first-order valence-corrected chi connectivity index (χ1v) is 5.30. The first kappa shape index (κ1) is 13.7. The highest BCUT2D eigenvalue weighted by atomic mass is 16.4. The number of carboxylic acid groups (broad SMARTS) is 1. The second-order valence-electron chi connectivity index (χ2n) is 3.50. The Labute approximate surface area is 90.4 Å². The van der Waals surface area contributed by atoms with Crippen LogP contribution >= 0.6 is 0 Å². The third-order valence-corrected chi connectivity index (χ3v) is 2.06. The number of unbranched alkanes of at least 4 members (excludes halogenated alkanes) is 4. The van der Waals surface area contributed by atoms with Gasteiger partial charge in [0.05, 0.1) is 0 Å². The normalized spacial score (nSPS) is 9.67. The van der Waals surface area contributed by atoms with E-state index in [9.17, 15) is 9.59 Å². The van der Waals surface area contributed by atoms with Crippen LogP contribution in [-0.2, 0) is 9.59 Å². The smallest absolute Gasteiger partial charge is 0.351 e. The average Bonchev–Trinajstić information content (AvgIpc) is 2.17. The fourth-order valence-corrected chi connectivity index (χ4v) is 1.17. The molecular formula is C11H19NO3. The molecule has 86 valence electrons. The summed E-state index contributed by atoms with van der Waals surface area (Å²) in [6.45, 7) is 5.35. The van der Waals surface area contributed by atoms with Gasteiger partial charge < -0.3 is 10.4 Å². The molecule has 0 aromatic carbocycles. The van der Waals surface area contributed by atoms with E-state index in [1.165, 1.54) is 12.8 Å². The van der Waals surface area contributed by atoms with E-state index in [1.807, 2.05) is 0 Å². The largest absolute Gasteiger partial charge is 0.477 e.